The molecule has 0 aliphatic carbocycles. The summed E-state index contributed by atoms with van der Waals surface area (Å²) >= 11 is 1.77. The van der Waals surface area contributed by atoms with Crippen molar-refractivity contribution >= 4 is 17.6 Å². The van der Waals surface area contributed by atoms with Gasteiger partial charge in [0.15, 0.2) is 0 Å². The van der Waals surface area contributed by atoms with Crippen LogP contribution in [-0.2, 0) is 11.2 Å². The molecule has 1 aromatic rings. The summed E-state index contributed by atoms with van der Waals surface area (Å²) < 4.78 is 0. The van der Waals surface area contributed by atoms with Crippen LogP contribution in [0.15, 0.2) is 17.5 Å². The van der Waals surface area contributed by atoms with Gasteiger partial charge in [-0.05, 0) is 31.8 Å². The monoisotopic (exact) mass is 197 g/mol. The molecule has 1 rings (SSSR count). The van der Waals surface area contributed by atoms with Crippen LogP contribution in [0.25, 0.3) is 0 Å². The van der Waals surface area contributed by atoms with Gasteiger partial charge < -0.3 is 4.79 Å². The molecule has 0 saturated carbocycles. The molecule has 2 nitrogen and oxygen atoms in total. The third kappa shape index (κ3) is 3.28. The Morgan fingerprint density at radius 2 is 2.46 bits per heavy atom. The Labute approximate surface area is 83.2 Å². The fourth-order valence-corrected chi connectivity index (χ4v) is 2.00. The molecule has 1 aromatic heterocycles. The maximum Gasteiger partial charge on any atom is 0.133 e. The van der Waals surface area contributed by atoms with Gasteiger partial charge in [-0.15, -0.1) is 11.3 Å². The van der Waals surface area contributed by atoms with Gasteiger partial charge in [-0.1, -0.05) is 6.07 Å². The summed E-state index contributed by atoms with van der Waals surface area (Å²) in [5.74, 6) is 0. The predicted octanol–water partition coefficient (Wildman–Crippen LogP) is 1.81. The van der Waals surface area contributed by atoms with E-state index in [4.69, 9.17) is 0 Å². The summed E-state index contributed by atoms with van der Waals surface area (Å²) in [6.07, 6.45) is 1.98. The predicted molar refractivity (Wildman–Crippen MR) is 56.2 cm³/mol. The SMILES string of the molecule is CC(Cc1cccs1)N(C)CC=O. The molecule has 0 aliphatic heterocycles. The van der Waals surface area contributed by atoms with Gasteiger partial charge in [-0.2, -0.15) is 0 Å². The van der Waals surface area contributed by atoms with Gasteiger partial charge in [-0.25, -0.2) is 0 Å². The minimum atomic E-state index is 0.434. The minimum absolute atomic E-state index is 0.434. The lowest BCUT2D eigenvalue weighted by molar-refractivity contribution is -0.108. The number of aldehydes is 1. The lowest BCUT2D eigenvalue weighted by Gasteiger charge is -2.21. The van der Waals surface area contributed by atoms with E-state index in [1.54, 1.807) is 11.3 Å². The van der Waals surface area contributed by atoms with Crippen molar-refractivity contribution in [2.45, 2.75) is 19.4 Å². The van der Waals surface area contributed by atoms with E-state index in [1.165, 1.54) is 4.88 Å². The highest BCUT2D eigenvalue weighted by Gasteiger charge is 2.09. The molecule has 1 heterocycles. The Kier molecular flexibility index (Phi) is 4.12. The maximum absolute atomic E-state index is 10.3. The number of thiophene rings is 1. The lowest BCUT2D eigenvalue weighted by atomic mass is 10.2. The maximum atomic E-state index is 10.3. The topological polar surface area (TPSA) is 20.3 Å². The highest BCUT2D eigenvalue weighted by molar-refractivity contribution is 7.09. The van der Waals surface area contributed by atoms with Crippen LogP contribution in [0.3, 0.4) is 0 Å². The highest BCUT2D eigenvalue weighted by Crippen LogP contribution is 2.12. The summed E-state index contributed by atoms with van der Waals surface area (Å²) in [4.78, 5) is 13.7. The normalized spacial score (nSPS) is 13.2. The highest BCUT2D eigenvalue weighted by atomic mass is 32.1. The second kappa shape index (κ2) is 5.14. The molecule has 0 radical (unpaired) electrons. The fourth-order valence-electron chi connectivity index (χ4n) is 1.17. The van der Waals surface area contributed by atoms with E-state index in [0.29, 0.717) is 12.6 Å². The molecule has 0 amide bonds. The van der Waals surface area contributed by atoms with Crippen molar-refractivity contribution in [3.63, 3.8) is 0 Å². The summed E-state index contributed by atoms with van der Waals surface area (Å²) in [6.45, 7) is 2.66. The molecule has 0 aliphatic rings. The van der Waals surface area contributed by atoms with Crippen LogP contribution in [0, 0.1) is 0 Å². The first-order valence-corrected chi connectivity index (χ1v) is 5.28. The van der Waals surface area contributed by atoms with Gasteiger partial charge in [-0.3, -0.25) is 4.90 Å². The number of carbonyl (C=O) groups excluding carboxylic acids is 1. The second-order valence-electron chi connectivity index (χ2n) is 3.24. The quantitative estimate of drug-likeness (QED) is 0.671. The van der Waals surface area contributed by atoms with E-state index in [0.717, 1.165) is 12.7 Å². The number of nitrogens with zero attached hydrogens (tertiary/aromatic N) is 1. The van der Waals surface area contributed by atoms with Crippen molar-refractivity contribution in [2.24, 2.45) is 0 Å². The van der Waals surface area contributed by atoms with Crippen LogP contribution in [0.1, 0.15) is 11.8 Å². The van der Waals surface area contributed by atoms with E-state index in [9.17, 15) is 4.79 Å². The number of rotatable bonds is 5. The molecule has 1 unspecified atom stereocenters. The molecule has 0 aromatic carbocycles. The van der Waals surface area contributed by atoms with Crippen molar-refractivity contribution in [3.8, 4) is 0 Å². The Balaban J connectivity index is 2.40. The van der Waals surface area contributed by atoms with Crippen molar-refractivity contribution in [1.82, 2.24) is 4.90 Å². The first-order chi connectivity index (χ1) is 6.24. The van der Waals surface area contributed by atoms with Crippen molar-refractivity contribution in [1.29, 1.82) is 0 Å². The van der Waals surface area contributed by atoms with Gasteiger partial charge in [0.2, 0.25) is 0 Å². The molecule has 3 heteroatoms. The van der Waals surface area contributed by atoms with Gasteiger partial charge in [0, 0.05) is 10.9 Å². The fraction of sp³-hybridized carbons (Fsp3) is 0.500. The number of hydrogen-bond donors (Lipinski definition) is 0. The molecule has 1 atom stereocenters. The van der Waals surface area contributed by atoms with Crippen LogP contribution in [0.4, 0.5) is 0 Å². The van der Waals surface area contributed by atoms with E-state index in [1.807, 2.05) is 7.05 Å². The third-order valence-corrected chi connectivity index (χ3v) is 3.09. The lowest BCUT2D eigenvalue weighted by Crippen LogP contribution is -2.32. The summed E-state index contributed by atoms with van der Waals surface area (Å²) in [7, 11) is 1.98. The third-order valence-electron chi connectivity index (χ3n) is 2.19. The number of carbonyl (C=O) groups is 1. The average molecular weight is 197 g/mol. The van der Waals surface area contributed by atoms with Crippen LogP contribution in [-0.4, -0.2) is 30.8 Å². The second-order valence-corrected chi connectivity index (χ2v) is 4.27. The smallest absolute Gasteiger partial charge is 0.133 e. The summed E-state index contributed by atoms with van der Waals surface area (Å²) in [5, 5.41) is 2.09. The van der Waals surface area contributed by atoms with Crippen molar-refractivity contribution < 1.29 is 4.79 Å². The van der Waals surface area contributed by atoms with Crippen LogP contribution >= 0.6 is 11.3 Å². The first-order valence-electron chi connectivity index (χ1n) is 4.40. The Hall–Kier alpha value is -0.670. The van der Waals surface area contributed by atoms with E-state index in [-0.39, 0.29) is 0 Å². The molecule has 0 saturated heterocycles. The molecular weight excluding hydrogens is 182 g/mol. The molecule has 72 valence electrons. The van der Waals surface area contributed by atoms with E-state index in [2.05, 4.69) is 29.3 Å². The summed E-state index contributed by atoms with van der Waals surface area (Å²) in [5.41, 5.74) is 0. The molecule has 0 N–H and O–H groups in total. The van der Waals surface area contributed by atoms with Crippen molar-refractivity contribution in [3.05, 3.63) is 22.4 Å². The molecule has 0 bridgehead atoms. The Bertz CT molecular complexity index is 245. The van der Waals surface area contributed by atoms with Gasteiger partial charge in [0.05, 0.1) is 6.54 Å². The first kappa shape index (κ1) is 10.4. The largest absolute Gasteiger partial charge is 0.302 e. The summed E-state index contributed by atoms with van der Waals surface area (Å²) in [6, 6.07) is 4.63. The zero-order valence-electron chi connectivity index (χ0n) is 8.06. The van der Waals surface area contributed by atoms with E-state index >= 15 is 0 Å². The van der Waals surface area contributed by atoms with Gasteiger partial charge >= 0.3 is 0 Å². The van der Waals surface area contributed by atoms with Crippen LogP contribution < -0.4 is 0 Å². The number of hydrogen-bond acceptors (Lipinski definition) is 3. The Morgan fingerprint density at radius 3 is 3.00 bits per heavy atom. The van der Waals surface area contributed by atoms with E-state index < -0.39 is 0 Å². The molecule has 0 spiro atoms. The zero-order valence-corrected chi connectivity index (χ0v) is 8.88. The van der Waals surface area contributed by atoms with Gasteiger partial charge in [0.25, 0.3) is 0 Å². The molecular formula is C10H15NOS. The Morgan fingerprint density at radius 1 is 1.69 bits per heavy atom. The van der Waals surface area contributed by atoms with Crippen molar-refractivity contribution in [2.75, 3.05) is 13.6 Å². The standard InChI is InChI=1S/C10H15NOS/c1-9(11(2)5-6-12)8-10-4-3-7-13-10/h3-4,6-7,9H,5,8H2,1-2H3. The minimum Gasteiger partial charge on any atom is -0.302 e. The number of likely N-dealkylation sites (N-methyl/N-ethyl adjacent to an activating group) is 1. The van der Waals surface area contributed by atoms with Crippen LogP contribution in [0.5, 0.6) is 0 Å². The zero-order chi connectivity index (χ0) is 9.68. The molecule has 13 heavy (non-hydrogen) atoms. The van der Waals surface area contributed by atoms with Gasteiger partial charge in [0.1, 0.15) is 6.29 Å². The molecule has 0 fully saturated rings. The van der Waals surface area contributed by atoms with Crippen LogP contribution in [0.2, 0.25) is 0 Å². The average Bonchev–Trinajstić information content (AvgIpc) is 2.57.